The minimum Gasteiger partial charge on any atom is -0.507 e. The molecule has 3 aromatic rings. The first-order chi connectivity index (χ1) is 20.6. The maximum Gasteiger partial charge on any atom is 0.416 e. The van der Waals surface area contributed by atoms with Gasteiger partial charge in [-0.05, 0) is 72.0 Å². The van der Waals surface area contributed by atoms with Crippen molar-refractivity contribution in [2.24, 2.45) is 0 Å². The number of nitrogens with one attached hydrogen (secondary N) is 2. The van der Waals surface area contributed by atoms with Gasteiger partial charge in [0.2, 0.25) is 5.91 Å². The topological polar surface area (TPSA) is 98.7 Å². The van der Waals surface area contributed by atoms with Gasteiger partial charge >= 0.3 is 6.18 Å². The lowest BCUT2D eigenvalue weighted by molar-refractivity contribution is -0.137. The average Bonchev–Trinajstić information content (AvgIpc) is 2.97. The van der Waals surface area contributed by atoms with Gasteiger partial charge in [0.05, 0.1) is 22.1 Å². The Balaban J connectivity index is 1.55. The fourth-order valence-electron chi connectivity index (χ4n) is 4.62. The number of amides is 2. The Morgan fingerprint density at radius 3 is 2.20 bits per heavy atom. The highest BCUT2D eigenvalue weighted by Gasteiger charge is 2.32. The van der Waals surface area contributed by atoms with Crippen LogP contribution in [0.4, 0.5) is 17.6 Å². The van der Waals surface area contributed by atoms with Gasteiger partial charge in [0, 0.05) is 13.0 Å². The van der Waals surface area contributed by atoms with Crippen molar-refractivity contribution in [3.05, 3.63) is 107 Å². The molecule has 3 aromatic carbocycles. The predicted octanol–water partition coefficient (Wildman–Crippen LogP) is 6.20. The number of alkyl halides is 5. The van der Waals surface area contributed by atoms with Crippen LogP contribution in [0.2, 0.25) is 0 Å². The Bertz CT molecular complexity index is 1570. The summed E-state index contributed by atoms with van der Waals surface area (Å²) in [5.41, 5.74) is 1.93. The zero-order valence-electron chi connectivity index (χ0n) is 23.8. The van der Waals surface area contributed by atoms with Crippen LogP contribution in [0.15, 0.2) is 85.0 Å². The van der Waals surface area contributed by atoms with E-state index < -0.39 is 46.7 Å². The molecular formula is C33H31ClF4N2O4. The van der Waals surface area contributed by atoms with Crippen molar-refractivity contribution >= 4 is 29.0 Å². The highest BCUT2D eigenvalue weighted by atomic mass is 35.5. The van der Waals surface area contributed by atoms with Gasteiger partial charge in [0.15, 0.2) is 0 Å². The predicted molar refractivity (Wildman–Crippen MR) is 161 cm³/mol. The molecule has 2 amide bonds. The molecule has 0 saturated heterocycles. The summed E-state index contributed by atoms with van der Waals surface area (Å²) in [5, 5.41) is 25.3. The molecule has 1 aliphatic rings. The number of carbonyl (C=O) groups excluding carboxylic acids is 2. The fourth-order valence-corrected chi connectivity index (χ4v) is 4.81. The number of aliphatic hydroxyl groups excluding tert-OH is 1. The molecule has 232 valence electrons. The van der Waals surface area contributed by atoms with E-state index in [-0.39, 0.29) is 24.3 Å². The van der Waals surface area contributed by atoms with Crippen molar-refractivity contribution in [3.8, 4) is 16.9 Å². The number of aliphatic hydroxyl groups is 1. The summed E-state index contributed by atoms with van der Waals surface area (Å²) < 4.78 is 53.0. The van der Waals surface area contributed by atoms with Crippen LogP contribution in [-0.4, -0.2) is 51.8 Å². The summed E-state index contributed by atoms with van der Waals surface area (Å²) >= 11 is 6.27. The molecule has 4 N–H and O–H groups in total. The molecule has 0 saturated carbocycles. The first-order valence-corrected chi connectivity index (χ1v) is 14.1. The minimum atomic E-state index is -4.50. The fraction of sp³-hybridized carbons (Fsp3) is 0.273. The number of rotatable bonds is 9. The number of carbonyl (C=O) groups is 2. The second-order valence-electron chi connectivity index (χ2n) is 10.8. The summed E-state index contributed by atoms with van der Waals surface area (Å²) in [6.07, 6.45) is -1.97. The molecule has 0 bridgehead atoms. The SMILES string of the molecule is CC(O)CNC(=O)C(Cc1ccc(C2=CC(C)(Cl)C(F)C=C2)cc1)NC(=O)c1cc(-c2ccc(C(F)(F)F)cc2)ccc1O. The van der Waals surface area contributed by atoms with Gasteiger partial charge in [-0.25, -0.2) is 4.39 Å². The Labute approximate surface area is 257 Å². The molecule has 4 atom stereocenters. The molecule has 6 nitrogen and oxygen atoms in total. The molecule has 0 fully saturated rings. The number of hydrogen-bond donors (Lipinski definition) is 4. The summed E-state index contributed by atoms with van der Waals surface area (Å²) in [4.78, 5) is 25.2. The van der Waals surface area contributed by atoms with Crippen LogP contribution in [0, 0.1) is 0 Å². The van der Waals surface area contributed by atoms with Crippen molar-refractivity contribution in [1.29, 1.82) is 0 Å². The van der Waals surface area contributed by atoms with Crippen LogP contribution in [0.1, 0.15) is 40.9 Å². The van der Waals surface area contributed by atoms with Crippen LogP contribution in [0.5, 0.6) is 5.75 Å². The summed E-state index contributed by atoms with van der Waals surface area (Å²) in [7, 11) is 0. The van der Waals surface area contributed by atoms with E-state index in [0.29, 0.717) is 16.7 Å². The molecule has 4 rings (SSSR count). The molecule has 44 heavy (non-hydrogen) atoms. The summed E-state index contributed by atoms with van der Waals surface area (Å²) in [5.74, 6) is -1.75. The summed E-state index contributed by atoms with van der Waals surface area (Å²) in [6.45, 7) is 3.00. The van der Waals surface area contributed by atoms with Gasteiger partial charge < -0.3 is 20.8 Å². The van der Waals surface area contributed by atoms with Gasteiger partial charge in [-0.1, -0.05) is 54.6 Å². The third kappa shape index (κ3) is 8.06. The summed E-state index contributed by atoms with van der Waals surface area (Å²) in [6, 6.07) is 14.3. The van der Waals surface area contributed by atoms with Crippen molar-refractivity contribution in [2.45, 2.75) is 49.6 Å². The Morgan fingerprint density at radius 1 is 1.00 bits per heavy atom. The quantitative estimate of drug-likeness (QED) is 0.167. The highest BCUT2D eigenvalue weighted by Crippen LogP contribution is 2.35. The minimum absolute atomic E-state index is 0.0473. The van der Waals surface area contributed by atoms with Crippen molar-refractivity contribution in [1.82, 2.24) is 10.6 Å². The highest BCUT2D eigenvalue weighted by molar-refractivity contribution is 6.26. The van der Waals surface area contributed by atoms with E-state index in [0.717, 1.165) is 23.3 Å². The van der Waals surface area contributed by atoms with E-state index in [1.807, 2.05) is 0 Å². The van der Waals surface area contributed by atoms with E-state index in [1.165, 1.54) is 43.3 Å². The number of benzene rings is 3. The smallest absolute Gasteiger partial charge is 0.416 e. The number of aromatic hydroxyl groups is 1. The molecule has 0 aromatic heterocycles. The van der Waals surface area contributed by atoms with Crippen LogP contribution >= 0.6 is 11.6 Å². The van der Waals surface area contributed by atoms with Gasteiger partial charge in [-0.15, -0.1) is 11.6 Å². The first-order valence-electron chi connectivity index (χ1n) is 13.7. The van der Waals surface area contributed by atoms with Crippen LogP contribution < -0.4 is 10.6 Å². The lowest BCUT2D eigenvalue weighted by Crippen LogP contribution is -2.49. The molecule has 0 spiro atoms. The van der Waals surface area contributed by atoms with E-state index in [2.05, 4.69) is 10.6 Å². The van der Waals surface area contributed by atoms with Crippen LogP contribution in [-0.2, 0) is 17.4 Å². The second-order valence-corrected chi connectivity index (χ2v) is 11.7. The number of halogens is 5. The maximum absolute atomic E-state index is 14.1. The van der Waals surface area contributed by atoms with Crippen molar-refractivity contribution in [3.63, 3.8) is 0 Å². The number of phenolic OH excluding ortho intramolecular Hbond substituents is 1. The Morgan fingerprint density at radius 2 is 1.61 bits per heavy atom. The standard InChI is InChI=1S/C33H31ClF4N2O4/c1-19(41)18-39-31(44)27(15-20-3-5-22(6-4-20)24-10-14-29(35)32(2,34)17-24)40-30(43)26-16-23(9-13-28(26)42)21-7-11-25(12-8-21)33(36,37)38/h3-14,16-17,19,27,29,41-42H,15,18H2,1-2H3,(H,39,44)(H,40,43). The normalized spacial score (nSPS) is 19.5. The maximum atomic E-state index is 14.1. The third-order valence-electron chi connectivity index (χ3n) is 7.13. The molecule has 0 radical (unpaired) electrons. The molecular weight excluding hydrogens is 600 g/mol. The van der Waals surface area contributed by atoms with Crippen molar-refractivity contribution < 1.29 is 37.4 Å². The lowest BCUT2D eigenvalue weighted by atomic mass is 9.91. The number of allylic oxidation sites excluding steroid dienone is 4. The monoisotopic (exact) mass is 630 g/mol. The van der Waals surface area contributed by atoms with E-state index >= 15 is 0 Å². The van der Waals surface area contributed by atoms with Gasteiger partial charge in [-0.2, -0.15) is 13.2 Å². The molecule has 0 heterocycles. The zero-order chi connectivity index (χ0) is 32.2. The molecule has 11 heteroatoms. The average molecular weight is 631 g/mol. The van der Waals surface area contributed by atoms with Crippen molar-refractivity contribution in [2.75, 3.05) is 6.54 Å². The van der Waals surface area contributed by atoms with E-state index in [9.17, 15) is 37.4 Å². The third-order valence-corrected chi connectivity index (χ3v) is 7.45. The van der Waals surface area contributed by atoms with Crippen LogP contribution in [0.3, 0.4) is 0 Å². The Hall–Kier alpha value is -4.15. The van der Waals surface area contributed by atoms with E-state index in [4.69, 9.17) is 11.6 Å². The molecule has 0 aliphatic heterocycles. The number of hydrogen-bond acceptors (Lipinski definition) is 4. The Kier molecular flexibility index (Phi) is 9.85. The largest absolute Gasteiger partial charge is 0.507 e. The van der Waals surface area contributed by atoms with Gasteiger partial charge in [0.25, 0.3) is 5.91 Å². The second kappa shape index (κ2) is 13.2. The molecule has 4 unspecified atom stereocenters. The van der Waals surface area contributed by atoms with Gasteiger partial charge in [0.1, 0.15) is 18.0 Å². The van der Waals surface area contributed by atoms with Crippen LogP contribution in [0.25, 0.3) is 16.7 Å². The lowest BCUT2D eigenvalue weighted by Gasteiger charge is -2.25. The zero-order valence-corrected chi connectivity index (χ0v) is 24.6. The number of phenols is 1. The van der Waals surface area contributed by atoms with Gasteiger partial charge in [-0.3, -0.25) is 9.59 Å². The first kappa shape index (κ1) is 32.8. The van der Waals surface area contributed by atoms with E-state index in [1.54, 1.807) is 43.3 Å². The molecule has 1 aliphatic carbocycles.